The van der Waals surface area contributed by atoms with Crippen molar-refractivity contribution in [3.8, 4) is 0 Å². The Morgan fingerprint density at radius 3 is 2.88 bits per heavy atom. The van der Waals surface area contributed by atoms with Crippen LogP contribution in [0.1, 0.15) is 12.5 Å². The molecule has 1 aliphatic heterocycles. The summed E-state index contributed by atoms with van der Waals surface area (Å²) in [6.07, 6.45) is 2.71. The topological polar surface area (TPSA) is 115 Å². The molecule has 0 saturated heterocycles. The van der Waals surface area contributed by atoms with E-state index in [4.69, 9.17) is 16.2 Å². The lowest BCUT2D eigenvalue weighted by Gasteiger charge is -2.30. The summed E-state index contributed by atoms with van der Waals surface area (Å²) in [6, 6.07) is 5.51. The average Bonchev–Trinajstić information content (AvgIpc) is 2.58. The molecule has 1 heterocycles. The Labute approximate surface area is 168 Å². The first kappa shape index (κ1) is 20.3. The number of nitrogens with two attached hydrogens (primary N) is 2. The third-order valence-corrected chi connectivity index (χ3v) is 4.49. The van der Waals surface area contributed by atoms with Crippen LogP contribution in [0, 0.1) is 0 Å². The molecule has 0 bridgehead atoms. The molecule has 26 heavy (non-hydrogen) atoms. The van der Waals surface area contributed by atoms with Crippen molar-refractivity contribution in [2.24, 2.45) is 21.5 Å². The minimum absolute atomic E-state index is 0.0415. The van der Waals surface area contributed by atoms with Crippen molar-refractivity contribution < 1.29 is 9.53 Å². The Kier molecular flexibility index (Phi) is 6.74. The SMILES string of the molecule is C=C(/N=C\C(Br)=C/N)C(=O)Nc1cc(Br)cc([C@]2(C)COCC(N)=N2)c1. The predicted molar refractivity (Wildman–Crippen MR) is 111 cm³/mol. The van der Waals surface area contributed by atoms with E-state index in [2.05, 4.69) is 53.7 Å². The molecule has 5 N–H and O–H groups in total. The number of ether oxygens (including phenoxy) is 1. The van der Waals surface area contributed by atoms with Crippen molar-refractivity contribution in [3.05, 3.63) is 51.2 Å². The van der Waals surface area contributed by atoms with Crippen LogP contribution in [0.3, 0.4) is 0 Å². The van der Waals surface area contributed by atoms with Crippen molar-refractivity contribution in [3.63, 3.8) is 0 Å². The summed E-state index contributed by atoms with van der Waals surface area (Å²) in [5.74, 6) is 0.00115. The summed E-state index contributed by atoms with van der Waals surface area (Å²) in [7, 11) is 0. The zero-order valence-electron chi connectivity index (χ0n) is 14.1. The summed E-state index contributed by atoms with van der Waals surface area (Å²) in [5.41, 5.74) is 12.0. The van der Waals surface area contributed by atoms with Crippen molar-refractivity contribution >= 4 is 55.5 Å². The van der Waals surface area contributed by atoms with Crippen LogP contribution in [-0.4, -0.2) is 31.2 Å². The molecular formula is C17H19Br2N5O2. The normalized spacial score (nSPS) is 20.7. The van der Waals surface area contributed by atoms with E-state index in [1.165, 1.54) is 12.4 Å². The van der Waals surface area contributed by atoms with E-state index in [0.717, 1.165) is 10.0 Å². The van der Waals surface area contributed by atoms with Crippen molar-refractivity contribution in [1.82, 2.24) is 0 Å². The summed E-state index contributed by atoms with van der Waals surface area (Å²) in [4.78, 5) is 20.7. The third kappa shape index (κ3) is 5.26. The molecule has 0 radical (unpaired) electrons. The summed E-state index contributed by atoms with van der Waals surface area (Å²) in [6.45, 7) is 6.28. The highest BCUT2D eigenvalue weighted by molar-refractivity contribution is 9.12. The molecule has 7 nitrogen and oxygen atoms in total. The Bertz CT molecular complexity index is 819. The number of nitrogens with zero attached hydrogens (tertiary/aromatic N) is 2. The molecule has 0 aliphatic carbocycles. The van der Waals surface area contributed by atoms with Crippen molar-refractivity contribution in [2.75, 3.05) is 18.5 Å². The minimum atomic E-state index is -0.627. The number of carbonyl (C=O) groups excluding carboxylic acids is 1. The molecule has 0 unspecified atom stereocenters. The highest BCUT2D eigenvalue weighted by Crippen LogP contribution is 2.32. The van der Waals surface area contributed by atoms with Gasteiger partial charge in [-0.05, 0) is 46.6 Å². The van der Waals surface area contributed by atoms with Gasteiger partial charge >= 0.3 is 0 Å². The van der Waals surface area contributed by atoms with Gasteiger partial charge in [0.05, 0.1) is 11.1 Å². The standard InChI is InChI=1S/C17H19Br2N5O2/c1-10(22-7-13(19)6-20)16(25)23-14-4-11(3-12(18)5-14)17(2)9-26-8-15(21)24-17/h3-7H,1,8-9,20H2,2H3,(H2,21,24)(H,23,25)/b13-6+,22-7-/t17-/m0/s1. The van der Waals surface area contributed by atoms with Crippen molar-refractivity contribution in [2.45, 2.75) is 12.5 Å². The van der Waals surface area contributed by atoms with E-state index in [1.807, 2.05) is 19.1 Å². The number of hydrogen-bond acceptors (Lipinski definition) is 6. The Morgan fingerprint density at radius 2 is 2.23 bits per heavy atom. The summed E-state index contributed by atoms with van der Waals surface area (Å²) >= 11 is 6.62. The van der Waals surface area contributed by atoms with Gasteiger partial charge in [0.15, 0.2) is 0 Å². The van der Waals surface area contributed by atoms with Crippen LogP contribution in [-0.2, 0) is 15.1 Å². The highest BCUT2D eigenvalue weighted by Gasteiger charge is 2.30. The molecule has 138 valence electrons. The average molecular weight is 485 g/mol. The Balaban J connectivity index is 2.22. The van der Waals surface area contributed by atoms with Gasteiger partial charge in [-0.1, -0.05) is 22.5 Å². The van der Waals surface area contributed by atoms with E-state index in [1.54, 1.807) is 6.07 Å². The number of anilines is 1. The van der Waals surface area contributed by atoms with Gasteiger partial charge in [-0.3, -0.25) is 14.8 Å². The number of rotatable bonds is 5. The number of carbonyl (C=O) groups is 1. The minimum Gasteiger partial charge on any atom is -0.404 e. The highest BCUT2D eigenvalue weighted by atomic mass is 79.9. The van der Waals surface area contributed by atoms with Gasteiger partial charge in [-0.15, -0.1) is 0 Å². The molecule has 2 rings (SSSR count). The predicted octanol–water partition coefficient (Wildman–Crippen LogP) is 2.77. The van der Waals surface area contributed by atoms with Crippen LogP contribution in [0.5, 0.6) is 0 Å². The molecule has 0 aromatic heterocycles. The quantitative estimate of drug-likeness (QED) is 0.440. The van der Waals surface area contributed by atoms with E-state index in [0.29, 0.717) is 29.2 Å². The second-order valence-electron chi connectivity index (χ2n) is 5.81. The molecule has 9 heteroatoms. The maximum Gasteiger partial charge on any atom is 0.273 e. The number of benzene rings is 1. The van der Waals surface area contributed by atoms with Crippen LogP contribution in [0.25, 0.3) is 0 Å². The van der Waals surface area contributed by atoms with Crippen LogP contribution < -0.4 is 16.8 Å². The number of hydrogen-bond donors (Lipinski definition) is 3. The van der Waals surface area contributed by atoms with Gasteiger partial charge in [-0.25, -0.2) is 0 Å². The lowest BCUT2D eigenvalue weighted by atomic mass is 9.92. The lowest BCUT2D eigenvalue weighted by Crippen LogP contribution is -2.37. The van der Waals surface area contributed by atoms with Crippen LogP contribution in [0.4, 0.5) is 5.69 Å². The fourth-order valence-electron chi connectivity index (χ4n) is 2.30. The van der Waals surface area contributed by atoms with Gasteiger partial charge in [-0.2, -0.15) is 0 Å². The van der Waals surface area contributed by atoms with Crippen LogP contribution in [0.15, 0.2) is 55.6 Å². The summed E-state index contributed by atoms with van der Waals surface area (Å²) < 4.78 is 6.83. The zero-order valence-corrected chi connectivity index (χ0v) is 17.3. The van der Waals surface area contributed by atoms with Gasteiger partial charge in [0.25, 0.3) is 5.91 Å². The largest absolute Gasteiger partial charge is 0.404 e. The van der Waals surface area contributed by atoms with Gasteiger partial charge < -0.3 is 21.5 Å². The third-order valence-electron chi connectivity index (χ3n) is 3.57. The van der Waals surface area contributed by atoms with Crippen LogP contribution >= 0.6 is 31.9 Å². The second kappa shape index (κ2) is 8.61. The van der Waals surface area contributed by atoms with Gasteiger partial charge in [0.2, 0.25) is 0 Å². The lowest BCUT2D eigenvalue weighted by molar-refractivity contribution is -0.112. The Hall–Kier alpha value is -1.97. The van der Waals surface area contributed by atoms with Crippen LogP contribution in [0.2, 0.25) is 0 Å². The van der Waals surface area contributed by atoms with E-state index in [9.17, 15) is 4.79 Å². The van der Waals surface area contributed by atoms with Gasteiger partial charge in [0, 0.05) is 22.6 Å². The fourth-order valence-corrected chi connectivity index (χ4v) is 2.90. The Morgan fingerprint density at radius 1 is 1.50 bits per heavy atom. The molecule has 1 aliphatic rings. The monoisotopic (exact) mass is 483 g/mol. The number of amidine groups is 1. The second-order valence-corrected chi connectivity index (χ2v) is 7.64. The number of nitrogens with one attached hydrogen (secondary N) is 1. The molecule has 1 atom stereocenters. The number of aliphatic imine (C=N–C) groups is 2. The van der Waals surface area contributed by atoms with Gasteiger partial charge in [0.1, 0.15) is 23.7 Å². The fraction of sp³-hybridized carbons (Fsp3) is 0.235. The van der Waals surface area contributed by atoms with Crippen molar-refractivity contribution in [1.29, 1.82) is 0 Å². The molecule has 0 fully saturated rings. The summed E-state index contributed by atoms with van der Waals surface area (Å²) in [5, 5.41) is 2.76. The molecule has 0 spiro atoms. The number of halogens is 2. The first-order chi connectivity index (χ1) is 12.2. The number of amides is 1. The van der Waals surface area contributed by atoms with E-state index < -0.39 is 11.4 Å². The molecule has 1 aromatic carbocycles. The molecule has 0 saturated carbocycles. The first-order valence-electron chi connectivity index (χ1n) is 7.58. The zero-order chi connectivity index (χ0) is 19.3. The number of allylic oxidation sites excluding steroid dienone is 1. The smallest absolute Gasteiger partial charge is 0.273 e. The molecule has 1 aromatic rings. The maximum atomic E-state index is 12.3. The maximum absolute atomic E-state index is 12.3. The van der Waals surface area contributed by atoms with E-state index in [-0.39, 0.29) is 5.70 Å². The van der Waals surface area contributed by atoms with E-state index >= 15 is 0 Å². The first-order valence-corrected chi connectivity index (χ1v) is 9.17. The molecular weight excluding hydrogens is 466 g/mol. The molecule has 1 amide bonds.